The van der Waals surface area contributed by atoms with E-state index in [1.807, 2.05) is 4.68 Å². The zero-order valence-electron chi connectivity index (χ0n) is 15.9. The molecule has 2 aromatic rings. The first-order valence-corrected chi connectivity index (χ1v) is 10.1. The predicted molar refractivity (Wildman–Crippen MR) is 106 cm³/mol. The highest BCUT2D eigenvalue weighted by atomic mass is 16.1. The van der Waals surface area contributed by atoms with Crippen LogP contribution in [-0.2, 0) is 19.5 Å². The van der Waals surface area contributed by atoms with Crippen LogP contribution in [0.1, 0.15) is 34.5 Å². The molecule has 6 heteroatoms. The van der Waals surface area contributed by atoms with Crippen molar-refractivity contribution in [2.75, 3.05) is 39.3 Å². The van der Waals surface area contributed by atoms with Crippen LogP contribution in [0.4, 0.5) is 0 Å². The largest absolute Gasteiger partial charge is 0.351 e. The van der Waals surface area contributed by atoms with Gasteiger partial charge in [0.15, 0.2) is 0 Å². The first-order chi connectivity index (χ1) is 13.3. The summed E-state index contributed by atoms with van der Waals surface area (Å²) in [5, 5.41) is 7.44. The minimum absolute atomic E-state index is 0.0286. The molecule has 0 aliphatic carbocycles. The molecule has 3 heterocycles. The number of piperazine rings is 1. The van der Waals surface area contributed by atoms with Gasteiger partial charge in [0.2, 0.25) is 0 Å². The van der Waals surface area contributed by atoms with Crippen LogP contribution >= 0.6 is 0 Å². The number of rotatable bonds is 6. The Morgan fingerprint density at radius 1 is 1.00 bits per heavy atom. The summed E-state index contributed by atoms with van der Waals surface area (Å²) in [7, 11) is 0. The number of aryl methyl sites for hydroxylation is 1. The van der Waals surface area contributed by atoms with Crippen LogP contribution in [0, 0.1) is 0 Å². The number of carbonyl (C=O) groups is 1. The van der Waals surface area contributed by atoms with Crippen LogP contribution in [0.5, 0.6) is 0 Å². The SMILES string of the molecule is O=C(NCCN1CCN(Cc2ccccc2)CC1)c1cnn2c1CCCC2. The van der Waals surface area contributed by atoms with Crippen LogP contribution in [-0.4, -0.2) is 64.8 Å². The first kappa shape index (κ1) is 18.2. The van der Waals surface area contributed by atoms with Crippen LogP contribution in [0.15, 0.2) is 36.5 Å². The third-order valence-electron chi connectivity index (χ3n) is 5.65. The molecule has 144 valence electrons. The normalized spacial score (nSPS) is 18.2. The van der Waals surface area contributed by atoms with Gasteiger partial charge in [-0.1, -0.05) is 30.3 Å². The summed E-state index contributed by atoms with van der Waals surface area (Å²) in [6, 6.07) is 10.7. The molecular weight excluding hydrogens is 338 g/mol. The van der Waals surface area contributed by atoms with E-state index in [0.29, 0.717) is 6.54 Å². The quantitative estimate of drug-likeness (QED) is 0.845. The lowest BCUT2D eigenvalue weighted by Crippen LogP contribution is -2.48. The van der Waals surface area contributed by atoms with E-state index in [-0.39, 0.29) is 5.91 Å². The molecule has 4 rings (SSSR count). The number of nitrogens with one attached hydrogen (secondary N) is 1. The molecule has 0 radical (unpaired) electrons. The molecule has 1 aromatic heterocycles. The van der Waals surface area contributed by atoms with Crippen molar-refractivity contribution in [3.63, 3.8) is 0 Å². The summed E-state index contributed by atoms with van der Waals surface area (Å²) in [5.41, 5.74) is 3.25. The van der Waals surface area contributed by atoms with Crippen molar-refractivity contribution in [3.05, 3.63) is 53.3 Å². The Hall–Kier alpha value is -2.18. The van der Waals surface area contributed by atoms with Gasteiger partial charge in [0.25, 0.3) is 5.91 Å². The Kier molecular flexibility index (Phi) is 5.84. The molecular formula is C21H29N5O. The molecule has 2 aliphatic rings. The fraction of sp³-hybridized carbons (Fsp3) is 0.524. The molecule has 1 fully saturated rings. The number of hydrogen-bond donors (Lipinski definition) is 1. The molecule has 0 atom stereocenters. The molecule has 2 aliphatic heterocycles. The average Bonchev–Trinajstić information content (AvgIpc) is 3.14. The maximum absolute atomic E-state index is 12.5. The van der Waals surface area contributed by atoms with Gasteiger partial charge in [-0.05, 0) is 24.8 Å². The summed E-state index contributed by atoms with van der Waals surface area (Å²) in [5.74, 6) is 0.0286. The molecule has 6 nitrogen and oxygen atoms in total. The van der Waals surface area contributed by atoms with E-state index in [4.69, 9.17) is 0 Å². The van der Waals surface area contributed by atoms with Crippen LogP contribution < -0.4 is 5.32 Å². The predicted octanol–water partition coefficient (Wildman–Crippen LogP) is 1.77. The fourth-order valence-electron chi connectivity index (χ4n) is 4.05. The van der Waals surface area contributed by atoms with Gasteiger partial charge in [0, 0.05) is 52.4 Å². The number of carbonyl (C=O) groups excluding carboxylic acids is 1. The van der Waals surface area contributed by atoms with E-state index in [0.717, 1.165) is 76.3 Å². The van der Waals surface area contributed by atoms with Gasteiger partial charge in [-0.25, -0.2) is 0 Å². The minimum Gasteiger partial charge on any atom is -0.351 e. The maximum atomic E-state index is 12.5. The second-order valence-electron chi connectivity index (χ2n) is 7.54. The van der Waals surface area contributed by atoms with Crippen molar-refractivity contribution in [3.8, 4) is 0 Å². The van der Waals surface area contributed by atoms with Gasteiger partial charge in [-0.3, -0.25) is 19.3 Å². The molecule has 0 bridgehead atoms. The Balaban J connectivity index is 1.18. The summed E-state index contributed by atoms with van der Waals surface area (Å²) in [4.78, 5) is 17.4. The zero-order valence-corrected chi connectivity index (χ0v) is 15.9. The standard InChI is InChI=1S/C21H29N5O/c27-21(19-16-23-26-10-5-4-8-20(19)26)22-9-11-24-12-14-25(15-13-24)17-18-6-2-1-3-7-18/h1-3,6-7,16H,4-5,8-15,17H2,(H,22,27). The lowest BCUT2D eigenvalue weighted by atomic mass is 10.1. The molecule has 1 saturated heterocycles. The third-order valence-corrected chi connectivity index (χ3v) is 5.65. The molecule has 27 heavy (non-hydrogen) atoms. The Morgan fingerprint density at radius 3 is 2.59 bits per heavy atom. The van der Waals surface area contributed by atoms with Gasteiger partial charge in [0.1, 0.15) is 0 Å². The van der Waals surface area contributed by atoms with Gasteiger partial charge < -0.3 is 5.32 Å². The smallest absolute Gasteiger partial charge is 0.254 e. The summed E-state index contributed by atoms with van der Waals surface area (Å²) in [6.07, 6.45) is 5.01. The van der Waals surface area contributed by atoms with Gasteiger partial charge >= 0.3 is 0 Å². The van der Waals surface area contributed by atoms with E-state index in [1.54, 1.807) is 6.20 Å². The van der Waals surface area contributed by atoms with E-state index in [2.05, 4.69) is 50.5 Å². The highest BCUT2D eigenvalue weighted by molar-refractivity contribution is 5.95. The molecule has 1 amide bonds. The van der Waals surface area contributed by atoms with Crippen molar-refractivity contribution in [1.82, 2.24) is 24.9 Å². The number of hydrogen-bond acceptors (Lipinski definition) is 4. The lowest BCUT2D eigenvalue weighted by molar-refractivity contribution is 0.0932. The Morgan fingerprint density at radius 2 is 1.78 bits per heavy atom. The second-order valence-corrected chi connectivity index (χ2v) is 7.54. The molecule has 0 spiro atoms. The summed E-state index contributed by atoms with van der Waals surface area (Å²) < 4.78 is 1.99. The van der Waals surface area contributed by atoms with Crippen molar-refractivity contribution in [2.45, 2.75) is 32.4 Å². The Labute approximate surface area is 161 Å². The van der Waals surface area contributed by atoms with Crippen LogP contribution in [0.2, 0.25) is 0 Å². The van der Waals surface area contributed by atoms with Gasteiger partial charge in [0.05, 0.1) is 17.5 Å². The zero-order chi connectivity index (χ0) is 18.5. The molecule has 1 N–H and O–H groups in total. The number of nitrogens with zero attached hydrogens (tertiary/aromatic N) is 4. The van der Waals surface area contributed by atoms with E-state index in [1.165, 1.54) is 5.56 Å². The van der Waals surface area contributed by atoms with Crippen molar-refractivity contribution in [1.29, 1.82) is 0 Å². The number of aromatic nitrogens is 2. The van der Waals surface area contributed by atoms with Gasteiger partial charge in [-0.2, -0.15) is 5.10 Å². The van der Waals surface area contributed by atoms with E-state index >= 15 is 0 Å². The highest BCUT2D eigenvalue weighted by Gasteiger charge is 2.20. The summed E-state index contributed by atoms with van der Waals surface area (Å²) in [6.45, 7) is 7.86. The topological polar surface area (TPSA) is 53.4 Å². The fourth-order valence-corrected chi connectivity index (χ4v) is 4.05. The molecule has 1 aromatic carbocycles. The monoisotopic (exact) mass is 367 g/mol. The number of benzene rings is 1. The highest BCUT2D eigenvalue weighted by Crippen LogP contribution is 2.17. The van der Waals surface area contributed by atoms with Crippen molar-refractivity contribution < 1.29 is 4.79 Å². The molecule has 0 unspecified atom stereocenters. The average molecular weight is 367 g/mol. The lowest BCUT2D eigenvalue weighted by Gasteiger charge is -2.34. The summed E-state index contributed by atoms with van der Waals surface area (Å²) >= 11 is 0. The van der Waals surface area contributed by atoms with E-state index in [9.17, 15) is 4.79 Å². The maximum Gasteiger partial charge on any atom is 0.254 e. The van der Waals surface area contributed by atoms with Crippen molar-refractivity contribution >= 4 is 5.91 Å². The van der Waals surface area contributed by atoms with Gasteiger partial charge in [-0.15, -0.1) is 0 Å². The third kappa shape index (κ3) is 4.57. The number of amides is 1. The van der Waals surface area contributed by atoms with E-state index < -0.39 is 0 Å². The second kappa shape index (κ2) is 8.67. The Bertz CT molecular complexity index is 749. The van der Waals surface area contributed by atoms with Crippen LogP contribution in [0.25, 0.3) is 0 Å². The van der Waals surface area contributed by atoms with Crippen molar-refractivity contribution in [2.24, 2.45) is 0 Å². The molecule has 0 saturated carbocycles. The first-order valence-electron chi connectivity index (χ1n) is 10.1. The minimum atomic E-state index is 0.0286. The number of fused-ring (bicyclic) bond motifs is 1. The van der Waals surface area contributed by atoms with Crippen LogP contribution in [0.3, 0.4) is 0 Å².